The highest BCUT2D eigenvalue weighted by Crippen LogP contribution is 2.22. The van der Waals surface area contributed by atoms with Gasteiger partial charge in [0, 0.05) is 6.61 Å². The molecule has 1 aliphatic heterocycles. The van der Waals surface area contributed by atoms with E-state index in [1.165, 1.54) is 17.5 Å². The largest absolute Gasteiger partial charge is 0.462 e. The van der Waals surface area contributed by atoms with E-state index >= 15 is 0 Å². The fourth-order valence-corrected chi connectivity index (χ4v) is 2.38. The molecular weight excluding hydrogens is 240 g/mol. The summed E-state index contributed by atoms with van der Waals surface area (Å²) in [6, 6.07) is 0. The Morgan fingerprint density at radius 2 is 2.59 bits per heavy atom. The summed E-state index contributed by atoms with van der Waals surface area (Å²) in [7, 11) is 0. The molecule has 0 spiro atoms. The van der Waals surface area contributed by atoms with E-state index in [-0.39, 0.29) is 12.2 Å². The van der Waals surface area contributed by atoms with Crippen molar-refractivity contribution in [1.29, 1.82) is 0 Å². The van der Waals surface area contributed by atoms with Crippen molar-refractivity contribution in [3.05, 3.63) is 11.1 Å². The molecule has 0 aliphatic carbocycles. The van der Waals surface area contributed by atoms with Gasteiger partial charge in [0.05, 0.1) is 12.8 Å². The minimum atomic E-state index is -0.317. The Morgan fingerprint density at radius 3 is 3.29 bits per heavy atom. The minimum Gasteiger partial charge on any atom is -0.462 e. The molecule has 5 nitrogen and oxygen atoms in total. The number of carbonyl (C=O) groups is 1. The van der Waals surface area contributed by atoms with E-state index in [4.69, 9.17) is 9.47 Å². The molecule has 94 valence electrons. The first-order valence-electron chi connectivity index (χ1n) is 5.80. The molecule has 0 amide bonds. The second-order valence-electron chi connectivity index (χ2n) is 3.75. The number of aromatic nitrogens is 1. The lowest BCUT2D eigenvalue weighted by molar-refractivity contribution is 0.0343. The number of thiazole rings is 1. The predicted octanol–water partition coefficient (Wildman–Crippen LogP) is 2.26. The lowest BCUT2D eigenvalue weighted by atomic mass is 10.2. The second kappa shape index (κ2) is 5.97. The van der Waals surface area contributed by atoms with Gasteiger partial charge in [0.15, 0.2) is 5.13 Å². The van der Waals surface area contributed by atoms with Crippen molar-refractivity contribution in [1.82, 2.24) is 4.98 Å². The second-order valence-corrected chi connectivity index (χ2v) is 4.78. The average molecular weight is 256 g/mol. The maximum absolute atomic E-state index is 11.4. The summed E-state index contributed by atoms with van der Waals surface area (Å²) in [4.78, 5) is 16.1. The molecule has 0 aromatic carbocycles. The van der Waals surface area contributed by atoms with Gasteiger partial charge in [-0.15, -0.1) is 0 Å². The van der Waals surface area contributed by atoms with Gasteiger partial charge >= 0.3 is 5.97 Å². The number of nitrogens with one attached hydrogen (secondary N) is 1. The molecule has 1 aromatic rings. The van der Waals surface area contributed by atoms with Gasteiger partial charge in [-0.3, -0.25) is 0 Å². The highest BCUT2D eigenvalue weighted by atomic mass is 32.1. The number of nitrogens with zero attached hydrogens (tertiary/aromatic N) is 1. The van der Waals surface area contributed by atoms with Crippen LogP contribution in [0.25, 0.3) is 0 Å². The SMILES string of the molecule is CCOC(=O)c1cnc(N[C@H]2CCCCO2)s1. The normalized spacial score (nSPS) is 19.9. The summed E-state index contributed by atoms with van der Waals surface area (Å²) in [6.45, 7) is 2.95. The van der Waals surface area contributed by atoms with Crippen LogP contribution in [-0.2, 0) is 9.47 Å². The van der Waals surface area contributed by atoms with Gasteiger partial charge in [0.25, 0.3) is 0 Å². The Hall–Kier alpha value is -1.14. The van der Waals surface area contributed by atoms with Gasteiger partial charge < -0.3 is 14.8 Å². The van der Waals surface area contributed by atoms with Crippen molar-refractivity contribution < 1.29 is 14.3 Å². The van der Waals surface area contributed by atoms with Crippen LogP contribution in [0.4, 0.5) is 5.13 Å². The lowest BCUT2D eigenvalue weighted by Crippen LogP contribution is -2.26. The van der Waals surface area contributed by atoms with Gasteiger partial charge in [0.2, 0.25) is 0 Å². The van der Waals surface area contributed by atoms with E-state index in [1.54, 1.807) is 6.92 Å². The molecule has 0 saturated carbocycles. The van der Waals surface area contributed by atoms with E-state index in [0.717, 1.165) is 25.9 Å². The summed E-state index contributed by atoms with van der Waals surface area (Å²) < 4.78 is 10.4. The fourth-order valence-electron chi connectivity index (χ4n) is 1.63. The Labute approximate surface area is 104 Å². The van der Waals surface area contributed by atoms with Crippen molar-refractivity contribution >= 4 is 22.4 Å². The van der Waals surface area contributed by atoms with Crippen LogP contribution in [0.2, 0.25) is 0 Å². The fraction of sp³-hybridized carbons (Fsp3) is 0.636. The smallest absolute Gasteiger partial charge is 0.350 e. The van der Waals surface area contributed by atoms with Gasteiger partial charge in [-0.2, -0.15) is 0 Å². The number of ether oxygens (including phenoxy) is 2. The maximum atomic E-state index is 11.4. The highest BCUT2D eigenvalue weighted by molar-refractivity contribution is 7.17. The van der Waals surface area contributed by atoms with Crippen LogP contribution in [0, 0.1) is 0 Å². The summed E-state index contributed by atoms with van der Waals surface area (Å²) in [5, 5.41) is 3.88. The molecule has 1 atom stereocenters. The Morgan fingerprint density at radius 1 is 1.71 bits per heavy atom. The van der Waals surface area contributed by atoms with E-state index in [2.05, 4.69) is 10.3 Å². The van der Waals surface area contributed by atoms with Crippen molar-refractivity contribution in [3.8, 4) is 0 Å². The van der Waals surface area contributed by atoms with Crippen molar-refractivity contribution in [2.24, 2.45) is 0 Å². The van der Waals surface area contributed by atoms with Crippen LogP contribution in [-0.4, -0.2) is 30.4 Å². The lowest BCUT2D eigenvalue weighted by Gasteiger charge is -2.22. The van der Waals surface area contributed by atoms with E-state index in [9.17, 15) is 4.79 Å². The zero-order valence-corrected chi connectivity index (χ0v) is 10.6. The molecule has 17 heavy (non-hydrogen) atoms. The molecule has 0 radical (unpaired) electrons. The van der Waals surface area contributed by atoms with Crippen LogP contribution in [0.15, 0.2) is 6.20 Å². The summed E-state index contributed by atoms with van der Waals surface area (Å²) in [6.07, 6.45) is 4.81. The summed E-state index contributed by atoms with van der Waals surface area (Å²) >= 11 is 1.30. The monoisotopic (exact) mass is 256 g/mol. The molecule has 1 N–H and O–H groups in total. The van der Waals surface area contributed by atoms with Gasteiger partial charge in [0.1, 0.15) is 11.1 Å². The minimum absolute atomic E-state index is 0.0185. The number of rotatable bonds is 4. The predicted molar refractivity (Wildman–Crippen MR) is 65.3 cm³/mol. The summed E-state index contributed by atoms with van der Waals surface area (Å²) in [5.74, 6) is -0.317. The van der Waals surface area contributed by atoms with E-state index in [0.29, 0.717) is 16.6 Å². The zero-order chi connectivity index (χ0) is 12.1. The number of carbonyl (C=O) groups excluding carboxylic acids is 1. The summed E-state index contributed by atoms with van der Waals surface area (Å²) in [5.41, 5.74) is 0. The average Bonchev–Trinajstić information content (AvgIpc) is 2.79. The van der Waals surface area contributed by atoms with Crippen LogP contribution in [0.3, 0.4) is 0 Å². The van der Waals surface area contributed by atoms with Crippen molar-refractivity contribution in [3.63, 3.8) is 0 Å². The Kier molecular flexibility index (Phi) is 4.33. The maximum Gasteiger partial charge on any atom is 0.350 e. The molecule has 1 fully saturated rings. The Bertz CT molecular complexity index is 375. The van der Waals surface area contributed by atoms with E-state index in [1.807, 2.05) is 0 Å². The number of hydrogen-bond donors (Lipinski definition) is 1. The molecule has 1 aromatic heterocycles. The molecular formula is C11H16N2O3S. The third-order valence-electron chi connectivity index (χ3n) is 2.45. The van der Waals surface area contributed by atoms with Crippen LogP contribution in [0.5, 0.6) is 0 Å². The number of hydrogen-bond acceptors (Lipinski definition) is 6. The molecule has 1 aliphatic rings. The first-order chi connectivity index (χ1) is 8.29. The molecule has 1 saturated heterocycles. The van der Waals surface area contributed by atoms with E-state index < -0.39 is 0 Å². The van der Waals surface area contributed by atoms with Crippen LogP contribution < -0.4 is 5.32 Å². The molecule has 6 heteroatoms. The first-order valence-corrected chi connectivity index (χ1v) is 6.62. The molecule has 2 rings (SSSR count). The van der Waals surface area contributed by atoms with Gasteiger partial charge in [-0.1, -0.05) is 11.3 Å². The van der Waals surface area contributed by atoms with Crippen LogP contribution in [0.1, 0.15) is 35.9 Å². The third kappa shape index (κ3) is 3.41. The standard InChI is InChI=1S/C11H16N2O3S/c1-2-15-10(14)8-7-12-11(17-8)13-9-5-3-4-6-16-9/h7,9H,2-6H2,1H3,(H,12,13)/t9-/m1/s1. The molecule has 0 unspecified atom stereocenters. The molecule has 0 bridgehead atoms. The third-order valence-corrected chi connectivity index (χ3v) is 3.36. The quantitative estimate of drug-likeness (QED) is 0.837. The topological polar surface area (TPSA) is 60.5 Å². The molecule has 2 heterocycles. The van der Waals surface area contributed by atoms with Crippen molar-refractivity contribution in [2.75, 3.05) is 18.5 Å². The highest BCUT2D eigenvalue weighted by Gasteiger charge is 2.16. The van der Waals surface area contributed by atoms with Crippen LogP contribution >= 0.6 is 11.3 Å². The number of anilines is 1. The Balaban J connectivity index is 1.91. The number of esters is 1. The van der Waals surface area contributed by atoms with Gasteiger partial charge in [-0.05, 0) is 26.2 Å². The van der Waals surface area contributed by atoms with Gasteiger partial charge in [-0.25, -0.2) is 9.78 Å². The van der Waals surface area contributed by atoms with Crippen molar-refractivity contribution in [2.45, 2.75) is 32.4 Å². The first kappa shape index (κ1) is 12.3. The zero-order valence-electron chi connectivity index (χ0n) is 9.77.